The molecular weight excluding hydrogens is 355 g/mol. The summed E-state index contributed by atoms with van der Waals surface area (Å²) in [5.41, 5.74) is 3.02. The molecular formula is C20H14F3N3O. The molecule has 4 rings (SSSR count). The van der Waals surface area contributed by atoms with Crippen molar-refractivity contribution in [2.45, 2.75) is 20.0 Å². The van der Waals surface area contributed by atoms with Crippen molar-refractivity contribution in [2.75, 3.05) is 0 Å². The van der Waals surface area contributed by atoms with Gasteiger partial charge in [-0.15, -0.1) is 0 Å². The van der Waals surface area contributed by atoms with Crippen molar-refractivity contribution >= 4 is 17.4 Å². The summed E-state index contributed by atoms with van der Waals surface area (Å²) in [5.74, 6) is -0.0533. The molecule has 2 aromatic carbocycles. The molecule has 0 bridgehead atoms. The van der Waals surface area contributed by atoms with E-state index in [0.717, 1.165) is 28.8 Å². The maximum Gasteiger partial charge on any atom is 0.416 e. The second-order valence-electron chi connectivity index (χ2n) is 6.40. The van der Waals surface area contributed by atoms with Gasteiger partial charge in [0.15, 0.2) is 5.82 Å². The fraction of sp³-hybridized carbons (Fsp3) is 0.150. The van der Waals surface area contributed by atoms with Crippen LogP contribution in [0.4, 0.5) is 19.0 Å². The smallest absolute Gasteiger partial charge is 0.265 e. The van der Waals surface area contributed by atoms with E-state index in [9.17, 15) is 18.0 Å². The first-order valence-electron chi connectivity index (χ1n) is 8.23. The Labute approximate surface area is 153 Å². The second-order valence-corrected chi connectivity index (χ2v) is 6.40. The van der Waals surface area contributed by atoms with Crippen LogP contribution < -0.4 is 0 Å². The number of halogens is 3. The van der Waals surface area contributed by atoms with Crippen LogP contribution in [-0.2, 0) is 6.18 Å². The second kappa shape index (κ2) is 5.90. The summed E-state index contributed by atoms with van der Waals surface area (Å²) < 4.78 is 39.4. The first-order chi connectivity index (χ1) is 12.8. The van der Waals surface area contributed by atoms with Crippen LogP contribution in [0.5, 0.6) is 0 Å². The number of fused-ring (bicyclic) bond motifs is 1. The third kappa shape index (κ3) is 2.85. The van der Waals surface area contributed by atoms with Crippen molar-refractivity contribution in [3.05, 3.63) is 70.9 Å². The Morgan fingerprint density at radius 1 is 0.889 bits per heavy atom. The monoisotopic (exact) mass is 369 g/mol. The molecule has 136 valence electrons. The fourth-order valence-electron chi connectivity index (χ4n) is 3.08. The van der Waals surface area contributed by atoms with Crippen molar-refractivity contribution in [3.8, 4) is 11.1 Å². The van der Waals surface area contributed by atoms with E-state index in [1.165, 1.54) is 16.8 Å². The number of hydrogen-bond acceptors (Lipinski definition) is 3. The van der Waals surface area contributed by atoms with E-state index >= 15 is 0 Å². The quantitative estimate of drug-likeness (QED) is 0.641. The Bertz CT molecular complexity index is 1080. The lowest BCUT2D eigenvalue weighted by atomic mass is 10.0. The molecule has 4 nitrogen and oxygen atoms in total. The molecule has 0 N–H and O–H groups in total. The van der Waals surface area contributed by atoms with Gasteiger partial charge in [-0.2, -0.15) is 23.0 Å². The van der Waals surface area contributed by atoms with Crippen LogP contribution in [0.1, 0.15) is 27.2 Å². The molecule has 0 spiro atoms. The van der Waals surface area contributed by atoms with E-state index in [2.05, 4.69) is 10.1 Å². The van der Waals surface area contributed by atoms with Crippen LogP contribution in [0.3, 0.4) is 0 Å². The van der Waals surface area contributed by atoms with Gasteiger partial charge in [-0.1, -0.05) is 42.0 Å². The first kappa shape index (κ1) is 17.2. The topological polar surface area (TPSA) is 47.2 Å². The molecule has 0 unspecified atom stereocenters. The Kier molecular flexibility index (Phi) is 3.76. The molecule has 7 heteroatoms. The highest BCUT2D eigenvalue weighted by Crippen LogP contribution is 2.37. The fourth-order valence-corrected chi connectivity index (χ4v) is 3.08. The third-order valence-corrected chi connectivity index (χ3v) is 4.47. The van der Waals surface area contributed by atoms with Gasteiger partial charge in [0.25, 0.3) is 5.91 Å². The zero-order valence-electron chi connectivity index (χ0n) is 14.5. The van der Waals surface area contributed by atoms with Gasteiger partial charge in [0, 0.05) is 11.1 Å². The number of aromatic nitrogens is 2. The molecule has 0 saturated heterocycles. The summed E-state index contributed by atoms with van der Waals surface area (Å²) in [6.07, 6.45) is -4.43. The Balaban J connectivity index is 1.78. The number of aliphatic imine (C=N–C) groups is 1. The van der Waals surface area contributed by atoms with E-state index in [1.54, 1.807) is 6.92 Å². The first-order valence-corrected chi connectivity index (χ1v) is 8.23. The number of alkyl halides is 3. The maximum atomic E-state index is 12.7. The largest absolute Gasteiger partial charge is 0.416 e. The normalized spacial score (nSPS) is 13.7. The van der Waals surface area contributed by atoms with Gasteiger partial charge in [0.2, 0.25) is 0 Å². The zero-order chi connectivity index (χ0) is 19.3. The molecule has 0 amide bonds. The van der Waals surface area contributed by atoms with E-state index in [4.69, 9.17) is 0 Å². The molecule has 1 aliphatic heterocycles. The minimum absolute atomic E-state index is 0.0830. The lowest BCUT2D eigenvalue weighted by molar-refractivity contribution is -0.137. The van der Waals surface area contributed by atoms with Gasteiger partial charge in [-0.3, -0.25) is 4.79 Å². The van der Waals surface area contributed by atoms with Crippen LogP contribution in [0.15, 0.2) is 53.5 Å². The molecule has 3 aromatic rings. The minimum Gasteiger partial charge on any atom is -0.265 e. The van der Waals surface area contributed by atoms with Crippen LogP contribution in [0.2, 0.25) is 0 Å². The van der Waals surface area contributed by atoms with Gasteiger partial charge in [0.1, 0.15) is 5.71 Å². The van der Waals surface area contributed by atoms with Crippen LogP contribution in [0.25, 0.3) is 11.1 Å². The number of benzene rings is 2. The summed E-state index contributed by atoms with van der Waals surface area (Å²) in [5, 5.41) is 4.28. The summed E-state index contributed by atoms with van der Waals surface area (Å²) in [6.45, 7) is 3.77. The van der Waals surface area contributed by atoms with Crippen LogP contribution in [0, 0.1) is 13.8 Å². The predicted molar refractivity (Wildman–Crippen MR) is 95.4 cm³/mol. The van der Waals surface area contributed by atoms with Crippen molar-refractivity contribution in [3.63, 3.8) is 0 Å². The highest BCUT2D eigenvalue weighted by atomic mass is 19.4. The molecule has 0 fully saturated rings. The lowest BCUT2D eigenvalue weighted by Gasteiger charge is -2.07. The van der Waals surface area contributed by atoms with Gasteiger partial charge >= 0.3 is 6.18 Å². The highest BCUT2D eigenvalue weighted by molar-refractivity contribution is 6.48. The summed E-state index contributed by atoms with van der Waals surface area (Å²) in [4.78, 5) is 17.1. The summed E-state index contributed by atoms with van der Waals surface area (Å²) in [6, 6.07) is 12.2. The molecule has 1 aromatic heterocycles. The number of carbonyl (C=O) groups is 1. The highest BCUT2D eigenvalue weighted by Gasteiger charge is 2.33. The number of nitrogens with zero attached hydrogens (tertiary/aromatic N) is 3. The molecule has 0 aliphatic carbocycles. The number of rotatable bonds is 2. The molecule has 2 heterocycles. The van der Waals surface area contributed by atoms with Gasteiger partial charge in [0.05, 0.1) is 11.3 Å². The Morgan fingerprint density at radius 2 is 1.48 bits per heavy atom. The Morgan fingerprint density at radius 3 is 2.07 bits per heavy atom. The third-order valence-electron chi connectivity index (χ3n) is 4.47. The van der Waals surface area contributed by atoms with E-state index < -0.39 is 17.6 Å². The van der Waals surface area contributed by atoms with Crippen molar-refractivity contribution < 1.29 is 18.0 Å². The zero-order valence-corrected chi connectivity index (χ0v) is 14.5. The Hall–Kier alpha value is -3.22. The van der Waals surface area contributed by atoms with E-state index in [0.29, 0.717) is 17.1 Å². The summed E-state index contributed by atoms with van der Waals surface area (Å²) in [7, 11) is 0. The molecule has 27 heavy (non-hydrogen) atoms. The number of aryl methyl sites for hydroxylation is 2. The van der Waals surface area contributed by atoms with Gasteiger partial charge in [-0.25, -0.2) is 4.99 Å². The van der Waals surface area contributed by atoms with E-state index in [-0.39, 0.29) is 5.71 Å². The number of hydrogen-bond donors (Lipinski definition) is 0. The van der Waals surface area contributed by atoms with Crippen molar-refractivity contribution in [1.29, 1.82) is 0 Å². The summed E-state index contributed by atoms with van der Waals surface area (Å²) >= 11 is 0. The maximum absolute atomic E-state index is 12.7. The predicted octanol–water partition coefficient (Wildman–Crippen LogP) is 4.96. The number of carbonyl (C=O) groups excluding carboxylic acids is 1. The van der Waals surface area contributed by atoms with E-state index in [1.807, 2.05) is 31.2 Å². The van der Waals surface area contributed by atoms with Crippen LogP contribution in [-0.4, -0.2) is 21.4 Å². The average molecular weight is 369 g/mol. The SMILES string of the molecule is Cc1ccc(-c2c(C)nn3c2N=C(c2ccc(C(F)(F)F)cc2)C3=O)cc1. The average Bonchev–Trinajstić information content (AvgIpc) is 3.11. The molecule has 0 saturated carbocycles. The molecule has 1 aliphatic rings. The standard InChI is InChI=1S/C20H14F3N3O/c1-11-3-5-13(6-4-11)16-12(2)25-26-18(16)24-17(19(26)27)14-7-9-15(10-8-14)20(21,22)23/h3-10H,1-2H3. The van der Waals surface area contributed by atoms with Crippen molar-refractivity contribution in [2.24, 2.45) is 4.99 Å². The molecule has 0 radical (unpaired) electrons. The van der Waals surface area contributed by atoms with Crippen LogP contribution >= 0.6 is 0 Å². The lowest BCUT2D eigenvalue weighted by Crippen LogP contribution is -2.19. The van der Waals surface area contributed by atoms with Gasteiger partial charge < -0.3 is 0 Å². The van der Waals surface area contributed by atoms with Gasteiger partial charge in [-0.05, 0) is 31.5 Å². The minimum atomic E-state index is -4.43. The van der Waals surface area contributed by atoms with Crippen molar-refractivity contribution in [1.82, 2.24) is 9.78 Å². The molecule has 0 atom stereocenters.